The van der Waals surface area contributed by atoms with Crippen LogP contribution in [0.1, 0.15) is 18.9 Å². The molecule has 106 valence electrons. The summed E-state index contributed by atoms with van der Waals surface area (Å²) in [5.74, 6) is -1.18. The van der Waals surface area contributed by atoms with Crippen LogP contribution in [0.5, 0.6) is 0 Å². The zero-order valence-electron chi connectivity index (χ0n) is 10.8. The van der Waals surface area contributed by atoms with Gasteiger partial charge in [0.25, 0.3) is 0 Å². The van der Waals surface area contributed by atoms with Crippen LogP contribution in [-0.2, 0) is 15.4 Å². The Hall–Kier alpha value is -1.14. The van der Waals surface area contributed by atoms with Gasteiger partial charge in [0.1, 0.15) is 12.7 Å². The third kappa shape index (κ3) is 2.20. The second kappa shape index (κ2) is 5.33. The maximum atomic E-state index is 6.30. The molecule has 0 radical (unpaired) electrons. The second-order valence-corrected chi connectivity index (χ2v) is 5.35. The summed E-state index contributed by atoms with van der Waals surface area (Å²) in [7, 11) is 0. The van der Waals surface area contributed by atoms with Gasteiger partial charge in [-0.3, -0.25) is 0 Å². The van der Waals surface area contributed by atoms with E-state index in [4.69, 9.17) is 32.7 Å². The van der Waals surface area contributed by atoms with Crippen molar-refractivity contribution in [3.63, 3.8) is 0 Å². The fourth-order valence-electron chi connectivity index (χ4n) is 2.19. The SMILES string of the molecule is CCC1COC(c2ccc(Cl)cc2Cl)(n2cncn2)O1. The molecule has 2 heterocycles. The minimum Gasteiger partial charge on any atom is -0.325 e. The maximum Gasteiger partial charge on any atom is 0.302 e. The molecular formula is C13H13Cl2N3O2. The summed E-state index contributed by atoms with van der Waals surface area (Å²) in [6, 6.07) is 5.18. The number of rotatable bonds is 3. The van der Waals surface area contributed by atoms with Crippen LogP contribution < -0.4 is 0 Å². The lowest BCUT2D eigenvalue weighted by atomic mass is 10.1. The van der Waals surface area contributed by atoms with E-state index in [2.05, 4.69) is 10.1 Å². The molecule has 2 unspecified atom stereocenters. The van der Waals surface area contributed by atoms with Gasteiger partial charge in [0, 0.05) is 5.02 Å². The van der Waals surface area contributed by atoms with E-state index < -0.39 is 5.91 Å². The highest BCUT2D eigenvalue weighted by Gasteiger charge is 2.47. The molecule has 1 aromatic carbocycles. The predicted octanol–water partition coefficient (Wildman–Crippen LogP) is 3.07. The van der Waals surface area contributed by atoms with Crippen LogP contribution in [0.25, 0.3) is 0 Å². The normalized spacial score (nSPS) is 26.1. The Morgan fingerprint density at radius 1 is 1.45 bits per heavy atom. The summed E-state index contributed by atoms with van der Waals surface area (Å²) in [6.45, 7) is 2.50. The van der Waals surface area contributed by atoms with Crippen molar-refractivity contribution in [2.24, 2.45) is 0 Å². The molecule has 1 aliphatic heterocycles. The molecule has 2 atom stereocenters. The molecule has 0 spiro atoms. The lowest BCUT2D eigenvalue weighted by molar-refractivity contribution is -0.206. The van der Waals surface area contributed by atoms with E-state index in [1.807, 2.05) is 6.92 Å². The number of hydrogen-bond acceptors (Lipinski definition) is 4. The van der Waals surface area contributed by atoms with Crippen LogP contribution in [0.2, 0.25) is 10.0 Å². The van der Waals surface area contributed by atoms with Gasteiger partial charge in [-0.05, 0) is 24.6 Å². The summed E-state index contributed by atoms with van der Waals surface area (Å²) in [4.78, 5) is 3.96. The largest absolute Gasteiger partial charge is 0.325 e. The lowest BCUT2D eigenvalue weighted by Gasteiger charge is -2.28. The van der Waals surface area contributed by atoms with Gasteiger partial charge in [0.05, 0.1) is 23.3 Å². The highest BCUT2D eigenvalue weighted by atomic mass is 35.5. The first kappa shape index (κ1) is 13.8. The van der Waals surface area contributed by atoms with Gasteiger partial charge in [0.15, 0.2) is 0 Å². The van der Waals surface area contributed by atoms with Crippen molar-refractivity contribution >= 4 is 23.2 Å². The van der Waals surface area contributed by atoms with Gasteiger partial charge in [0.2, 0.25) is 0 Å². The Morgan fingerprint density at radius 2 is 2.30 bits per heavy atom. The second-order valence-electron chi connectivity index (χ2n) is 4.51. The third-order valence-corrected chi connectivity index (χ3v) is 3.79. The van der Waals surface area contributed by atoms with Crippen LogP contribution in [0, 0.1) is 0 Å². The van der Waals surface area contributed by atoms with Crippen LogP contribution >= 0.6 is 23.2 Å². The smallest absolute Gasteiger partial charge is 0.302 e. The summed E-state index contributed by atoms with van der Waals surface area (Å²) >= 11 is 12.2. The topological polar surface area (TPSA) is 49.2 Å². The Kier molecular flexibility index (Phi) is 3.69. The van der Waals surface area contributed by atoms with E-state index in [1.54, 1.807) is 24.5 Å². The lowest BCUT2D eigenvalue weighted by Crippen LogP contribution is -2.37. The molecule has 1 aromatic heterocycles. The van der Waals surface area contributed by atoms with Crippen molar-refractivity contribution < 1.29 is 9.47 Å². The number of nitrogens with zero attached hydrogens (tertiary/aromatic N) is 3. The van der Waals surface area contributed by atoms with Gasteiger partial charge >= 0.3 is 5.91 Å². The van der Waals surface area contributed by atoms with E-state index in [0.717, 1.165) is 6.42 Å². The number of halogens is 2. The maximum absolute atomic E-state index is 6.30. The standard InChI is InChI=1S/C13H13Cl2N3O2/c1-2-10-6-19-13(20-10,18-8-16-7-17-18)11-4-3-9(14)5-12(11)15/h3-5,7-8,10H,2,6H2,1H3. The van der Waals surface area contributed by atoms with E-state index in [0.29, 0.717) is 22.2 Å². The third-order valence-electron chi connectivity index (χ3n) is 3.24. The molecule has 0 bridgehead atoms. The van der Waals surface area contributed by atoms with E-state index in [1.165, 1.54) is 11.0 Å². The first-order chi connectivity index (χ1) is 9.65. The summed E-state index contributed by atoms with van der Waals surface area (Å²) < 4.78 is 13.5. The molecule has 7 heteroatoms. The molecular weight excluding hydrogens is 301 g/mol. The molecule has 20 heavy (non-hydrogen) atoms. The molecule has 1 fully saturated rings. The zero-order chi connectivity index (χ0) is 14.2. The average molecular weight is 314 g/mol. The fourth-order valence-corrected chi connectivity index (χ4v) is 2.72. The Balaban J connectivity index is 2.11. The zero-order valence-corrected chi connectivity index (χ0v) is 12.3. The molecule has 0 N–H and O–H groups in total. The van der Waals surface area contributed by atoms with Crippen molar-refractivity contribution in [3.05, 3.63) is 46.5 Å². The van der Waals surface area contributed by atoms with Gasteiger partial charge in [-0.1, -0.05) is 30.1 Å². The van der Waals surface area contributed by atoms with Crippen LogP contribution in [0.4, 0.5) is 0 Å². The van der Waals surface area contributed by atoms with Crippen LogP contribution in [0.15, 0.2) is 30.9 Å². The first-order valence-electron chi connectivity index (χ1n) is 6.28. The minimum atomic E-state index is -1.18. The van der Waals surface area contributed by atoms with Gasteiger partial charge in [-0.15, -0.1) is 0 Å². The molecule has 1 aliphatic rings. The molecule has 0 amide bonds. The van der Waals surface area contributed by atoms with Crippen LogP contribution in [-0.4, -0.2) is 27.5 Å². The van der Waals surface area contributed by atoms with Gasteiger partial charge in [-0.25, -0.2) is 4.98 Å². The Bertz CT molecular complexity index is 606. The number of benzene rings is 1. The summed E-state index contributed by atoms with van der Waals surface area (Å²) in [5, 5.41) is 5.16. The summed E-state index contributed by atoms with van der Waals surface area (Å²) in [6.07, 6.45) is 3.79. The molecule has 5 nitrogen and oxygen atoms in total. The predicted molar refractivity (Wildman–Crippen MR) is 74.7 cm³/mol. The minimum absolute atomic E-state index is 0.0223. The molecule has 1 saturated heterocycles. The molecule has 3 rings (SSSR count). The highest BCUT2D eigenvalue weighted by molar-refractivity contribution is 6.35. The van der Waals surface area contributed by atoms with Crippen LogP contribution in [0.3, 0.4) is 0 Å². The van der Waals surface area contributed by atoms with Crippen molar-refractivity contribution in [2.45, 2.75) is 25.4 Å². The van der Waals surface area contributed by atoms with E-state index in [9.17, 15) is 0 Å². The van der Waals surface area contributed by atoms with E-state index in [-0.39, 0.29) is 6.10 Å². The number of hydrogen-bond donors (Lipinski definition) is 0. The Labute approximate surface area is 126 Å². The highest BCUT2D eigenvalue weighted by Crippen LogP contribution is 2.40. The van der Waals surface area contributed by atoms with Crippen molar-refractivity contribution in [3.8, 4) is 0 Å². The van der Waals surface area contributed by atoms with Crippen molar-refractivity contribution in [1.82, 2.24) is 14.8 Å². The monoisotopic (exact) mass is 313 g/mol. The fraction of sp³-hybridized carbons (Fsp3) is 0.385. The number of ether oxygens (including phenoxy) is 2. The average Bonchev–Trinajstić information content (AvgIpc) is 3.08. The van der Waals surface area contributed by atoms with Gasteiger partial charge in [-0.2, -0.15) is 9.78 Å². The quantitative estimate of drug-likeness (QED) is 0.873. The molecule has 2 aromatic rings. The Morgan fingerprint density at radius 3 is 2.90 bits per heavy atom. The first-order valence-corrected chi connectivity index (χ1v) is 7.03. The molecule has 0 saturated carbocycles. The van der Waals surface area contributed by atoms with Crippen molar-refractivity contribution in [2.75, 3.05) is 6.61 Å². The van der Waals surface area contributed by atoms with Crippen molar-refractivity contribution in [1.29, 1.82) is 0 Å². The van der Waals surface area contributed by atoms with Gasteiger partial charge < -0.3 is 9.47 Å². The molecule has 0 aliphatic carbocycles. The number of aromatic nitrogens is 3. The van der Waals surface area contributed by atoms with E-state index >= 15 is 0 Å². The summed E-state index contributed by atoms with van der Waals surface area (Å²) in [5.41, 5.74) is 0.657.